The van der Waals surface area contributed by atoms with E-state index in [4.69, 9.17) is 27.9 Å². The van der Waals surface area contributed by atoms with Gasteiger partial charge in [0.25, 0.3) is 0 Å². The van der Waals surface area contributed by atoms with E-state index < -0.39 is 0 Å². The van der Waals surface area contributed by atoms with Crippen LogP contribution in [0.4, 0.5) is 0 Å². The zero-order valence-corrected chi connectivity index (χ0v) is 12.4. The lowest BCUT2D eigenvalue weighted by Crippen LogP contribution is -2.32. The normalized spacial score (nSPS) is 26.5. The fraction of sp³-hybridized carbons (Fsp3) is 0.600. The molecule has 0 radical (unpaired) electrons. The van der Waals surface area contributed by atoms with Gasteiger partial charge < -0.3 is 10.1 Å². The SMILES string of the molecule is Clc1ccc(Cl)c(C2CNCC3(CCCC3)CO2)c1. The monoisotopic (exact) mass is 299 g/mol. The van der Waals surface area contributed by atoms with E-state index in [0.717, 1.165) is 30.3 Å². The van der Waals surface area contributed by atoms with Crippen molar-refractivity contribution in [3.05, 3.63) is 33.8 Å². The van der Waals surface area contributed by atoms with Crippen LogP contribution in [0.15, 0.2) is 18.2 Å². The molecule has 104 valence electrons. The van der Waals surface area contributed by atoms with E-state index in [1.54, 1.807) is 0 Å². The fourth-order valence-electron chi connectivity index (χ4n) is 3.26. The van der Waals surface area contributed by atoms with Crippen LogP contribution in [0.5, 0.6) is 0 Å². The molecule has 1 aromatic carbocycles. The topological polar surface area (TPSA) is 21.3 Å². The average Bonchev–Trinajstić information content (AvgIpc) is 2.75. The zero-order valence-electron chi connectivity index (χ0n) is 10.9. The van der Waals surface area contributed by atoms with Crippen LogP contribution >= 0.6 is 23.2 Å². The Morgan fingerprint density at radius 3 is 2.79 bits per heavy atom. The molecule has 4 heteroatoms. The van der Waals surface area contributed by atoms with Gasteiger partial charge in [0, 0.05) is 34.1 Å². The average molecular weight is 300 g/mol. The Balaban J connectivity index is 1.77. The lowest BCUT2D eigenvalue weighted by Gasteiger charge is -2.26. The molecule has 1 saturated carbocycles. The maximum Gasteiger partial charge on any atom is 0.0964 e. The van der Waals surface area contributed by atoms with Gasteiger partial charge in [-0.2, -0.15) is 0 Å². The van der Waals surface area contributed by atoms with E-state index in [1.165, 1.54) is 25.7 Å². The molecule has 1 unspecified atom stereocenters. The lowest BCUT2D eigenvalue weighted by atomic mass is 9.87. The van der Waals surface area contributed by atoms with Gasteiger partial charge in [0.2, 0.25) is 0 Å². The van der Waals surface area contributed by atoms with Gasteiger partial charge in [-0.3, -0.25) is 0 Å². The van der Waals surface area contributed by atoms with Crippen molar-refractivity contribution in [3.63, 3.8) is 0 Å². The van der Waals surface area contributed by atoms with Crippen LogP contribution in [0.2, 0.25) is 10.0 Å². The molecule has 2 aliphatic rings. The first-order valence-corrected chi connectivity index (χ1v) is 7.71. The quantitative estimate of drug-likeness (QED) is 0.838. The van der Waals surface area contributed by atoms with E-state index in [0.29, 0.717) is 10.4 Å². The summed E-state index contributed by atoms with van der Waals surface area (Å²) in [5.41, 5.74) is 1.34. The van der Waals surface area contributed by atoms with Crippen molar-refractivity contribution >= 4 is 23.2 Å². The largest absolute Gasteiger partial charge is 0.372 e. The molecule has 1 aliphatic heterocycles. The molecule has 2 nitrogen and oxygen atoms in total. The van der Waals surface area contributed by atoms with Crippen molar-refractivity contribution < 1.29 is 4.74 Å². The zero-order chi connectivity index (χ0) is 13.3. The molecule has 1 heterocycles. The summed E-state index contributed by atoms with van der Waals surface area (Å²) in [6, 6.07) is 5.58. The second-order valence-electron chi connectivity index (χ2n) is 5.80. The number of hydrogen-bond donors (Lipinski definition) is 1. The van der Waals surface area contributed by atoms with Gasteiger partial charge in [-0.05, 0) is 31.0 Å². The van der Waals surface area contributed by atoms with Crippen LogP contribution in [0.1, 0.15) is 37.4 Å². The van der Waals surface area contributed by atoms with E-state index in [1.807, 2.05) is 18.2 Å². The summed E-state index contributed by atoms with van der Waals surface area (Å²) in [6.07, 6.45) is 5.21. The highest BCUT2D eigenvalue weighted by Gasteiger charge is 2.37. The highest BCUT2D eigenvalue weighted by Crippen LogP contribution is 2.41. The summed E-state index contributed by atoms with van der Waals surface area (Å²) in [7, 11) is 0. The predicted molar refractivity (Wildman–Crippen MR) is 78.9 cm³/mol. The number of benzene rings is 1. The molecular formula is C15H19Cl2NO. The summed E-state index contributed by atoms with van der Waals surface area (Å²) in [4.78, 5) is 0. The molecule has 1 aliphatic carbocycles. The molecule has 2 fully saturated rings. The van der Waals surface area contributed by atoms with Crippen LogP contribution in [-0.2, 0) is 4.74 Å². The van der Waals surface area contributed by atoms with Gasteiger partial charge in [-0.15, -0.1) is 0 Å². The Bertz CT molecular complexity index is 457. The first kappa shape index (κ1) is 13.7. The van der Waals surface area contributed by atoms with Gasteiger partial charge in [0.1, 0.15) is 0 Å². The number of nitrogens with one attached hydrogen (secondary N) is 1. The summed E-state index contributed by atoms with van der Waals surface area (Å²) in [5.74, 6) is 0. The van der Waals surface area contributed by atoms with Gasteiger partial charge in [-0.25, -0.2) is 0 Å². The van der Waals surface area contributed by atoms with E-state index in [9.17, 15) is 0 Å². The third kappa shape index (κ3) is 2.92. The summed E-state index contributed by atoms with van der Waals surface area (Å²) in [5, 5.41) is 4.99. The summed E-state index contributed by atoms with van der Waals surface area (Å²) >= 11 is 12.3. The Kier molecular flexibility index (Phi) is 4.04. The Morgan fingerprint density at radius 2 is 2.00 bits per heavy atom. The van der Waals surface area contributed by atoms with Gasteiger partial charge in [0.05, 0.1) is 12.7 Å². The minimum absolute atomic E-state index is 0.00572. The second kappa shape index (κ2) is 5.61. The first-order valence-electron chi connectivity index (χ1n) is 6.96. The van der Waals surface area contributed by atoms with Crippen LogP contribution in [-0.4, -0.2) is 19.7 Å². The van der Waals surface area contributed by atoms with E-state index in [2.05, 4.69) is 5.32 Å². The van der Waals surface area contributed by atoms with Crippen LogP contribution in [0.25, 0.3) is 0 Å². The molecule has 19 heavy (non-hydrogen) atoms. The minimum atomic E-state index is 0.00572. The highest BCUT2D eigenvalue weighted by molar-refractivity contribution is 6.33. The molecule has 1 spiro atoms. The molecular weight excluding hydrogens is 281 g/mol. The van der Waals surface area contributed by atoms with E-state index >= 15 is 0 Å². The van der Waals surface area contributed by atoms with Gasteiger partial charge in [-0.1, -0.05) is 36.0 Å². The number of rotatable bonds is 1. The molecule has 0 amide bonds. The third-order valence-electron chi connectivity index (χ3n) is 4.39. The standard InChI is InChI=1S/C15H19Cl2NO/c16-11-3-4-13(17)12(7-11)14-8-18-9-15(10-19-14)5-1-2-6-15/h3-4,7,14,18H,1-2,5-6,8-10H2. The Labute approximate surface area is 124 Å². The fourth-order valence-corrected chi connectivity index (χ4v) is 3.68. The Hall–Kier alpha value is -0.280. The Morgan fingerprint density at radius 1 is 1.21 bits per heavy atom. The van der Waals surface area contributed by atoms with Crippen LogP contribution < -0.4 is 5.32 Å². The smallest absolute Gasteiger partial charge is 0.0964 e. The highest BCUT2D eigenvalue weighted by atomic mass is 35.5. The van der Waals surface area contributed by atoms with Crippen LogP contribution in [0.3, 0.4) is 0 Å². The van der Waals surface area contributed by atoms with Gasteiger partial charge >= 0.3 is 0 Å². The maximum atomic E-state index is 6.27. The second-order valence-corrected chi connectivity index (χ2v) is 6.65. The van der Waals surface area contributed by atoms with Crippen molar-refractivity contribution in [1.29, 1.82) is 0 Å². The molecule has 3 rings (SSSR count). The summed E-state index contributed by atoms with van der Waals surface area (Å²) in [6.45, 7) is 2.69. The summed E-state index contributed by atoms with van der Waals surface area (Å²) < 4.78 is 6.16. The van der Waals surface area contributed by atoms with Crippen molar-refractivity contribution in [2.45, 2.75) is 31.8 Å². The molecule has 1 N–H and O–H groups in total. The molecule has 1 aromatic rings. The van der Waals surface area contributed by atoms with Crippen LogP contribution in [0, 0.1) is 5.41 Å². The van der Waals surface area contributed by atoms with E-state index in [-0.39, 0.29) is 6.10 Å². The molecule has 0 bridgehead atoms. The molecule has 0 aromatic heterocycles. The molecule has 1 atom stereocenters. The number of hydrogen-bond acceptors (Lipinski definition) is 2. The van der Waals surface area contributed by atoms with Crippen molar-refractivity contribution in [2.24, 2.45) is 5.41 Å². The lowest BCUT2D eigenvalue weighted by molar-refractivity contribution is 0.0159. The predicted octanol–water partition coefficient (Wildman–Crippen LogP) is 4.21. The minimum Gasteiger partial charge on any atom is -0.372 e. The molecule has 1 saturated heterocycles. The van der Waals surface area contributed by atoms with Crippen molar-refractivity contribution in [3.8, 4) is 0 Å². The van der Waals surface area contributed by atoms with Crippen molar-refractivity contribution in [1.82, 2.24) is 5.32 Å². The van der Waals surface area contributed by atoms with Gasteiger partial charge in [0.15, 0.2) is 0 Å². The van der Waals surface area contributed by atoms with Crippen molar-refractivity contribution in [2.75, 3.05) is 19.7 Å². The maximum absolute atomic E-state index is 6.27. The number of halogens is 2. The number of ether oxygens (including phenoxy) is 1. The third-order valence-corrected chi connectivity index (χ3v) is 4.97. The first-order chi connectivity index (χ1) is 9.19.